The van der Waals surface area contributed by atoms with Gasteiger partial charge in [0, 0.05) is 6.07 Å². The van der Waals surface area contributed by atoms with Crippen LogP contribution in [-0.4, -0.2) is 12.0 Å². The fourth-order valence-electron chi connectivity index (χ4n) is 1.60. The van der Waals surface area contributed by atoms with E-state index in [0.29, 0.717) is 0 Å². The molecular weight excluding hydrogens is 283 g/mol. The highest BCUT2D eigenvalue weighted by molar-refractivity contribution is 5.94. The maximum atomic E-state index is 13.4. The van der Waals surface area contributed by atoms with Gasteiger partial charge in [-0.1, -0.05) is 12.1 Å². The lowest BCUT2D eigenvalue weighted by atomic mass is 10.2. The van der Waals surface area contributed by atoms with Crippen LogP contribution in [0.3, 0.4) is 0 Å². The summed E-state index contributed by atoms with van der Waals surface area (Å²) in [6.45, 7) is 1.41. The third kappa shape index (κ3) is 3.75. The zero-order valence-corrected chi connectivity index (χ0v) is 11.1. The van der Waals surface area contributed by atoms with Gasteiger partial charge >= 0.3 is 0 Å². The Labute approximate surface area is 119 Å². The Hall–Kier alpha value is -2.50. The third-order valence-electron chi connectivity index (χ3n) is 2.70. The summed E-state index contributed by atoms with van der Waals surface area (Å²) >= 11 is 0. The first-order valence-corrected chi connectivity index (χ1v) is 6.14. The molecule has 1 unspecified atom stereocenters. The number of anilines is 1. The van der Waals surface area contributed by atoms with E-state index in [2.05, 4.69) is 5.32 Å². The molecule has 0 fully saturated rings. The van der Waals surface area contributed by atoms with Crippen molar-refractivity contribution >= 4 is 11.6 Å². The average Bonchev–Trinajstić information content (AvgIpc) is 2.45. The van der Waals surface area contributed by atoms with Crippen molar-refractivity contribution in [2.24, 2.45) is 0 Å². The fourth-order valence-corrected chi connectivity index (χ4v) is 1.60. The molecule has 2 aromatic carbocycles. The minimum Gasteiger partial charge on any atom is -0.481 e. The predicted octanol–water partition coefficient (Wildman–Crippen LogP) is 3.51. The summed E-state index contributed by atoms with van der Waals surface area (Å²) in [5.74, 6) is -3.26. The van der Waals surface area contributed by atoms with E-state index < -0.39 is 29.5 Å². The zero-order valence-electron chi connectivity index (χ0n) is 11.1. The summed E-state index contributed by atoms with van der Waals surface area (Å²) in [6.07, 6.45) is -1.01. The minimum absolute atomic E-state index is 0.00471. The SMILES string of the molecule is CC(Oc1ccc(F)c(F)c1)C(=O)Nc1ccccc1F. The van der Waals surface area contributed by atoms with Crippen LogP contribution < -0.4 is 10.1 Å². The molecule has 21 heavy (non-hydrogen) atoms. The van der Waals surface area contributed by atoms with Crippen molar-refractivity contribution < 1.29 is 22.7 Å². The van der Waals surface area contributed by atoms with Crippen LogP contribution in [0.1, 0.15) is 6.92 Å². The second-order valence-corrected chi connectivity index (χ2v) is 4.31. The van der Waals surface area contributed by atoms with Crippen molar-refractivity contribution in [3.8, 4) is 5.75 Å². The molecule has 0 aliphatic heterocycles. The number of rotatable bonds is 4. The lowest BCUT2D eigenvalue weighted by Crippen LogP contribution is -2.30. The normalized spacial score (nSPS) is 11.8. The molecule has 0 saturated heterocycles. The van der Waals surface area contributed by atoms with Crippen molar-refractivity contribution in [2.45, 2.75) is 13.0 Å². The van der Waals surface area contributed by atoms with Crippen molar-refractivity contribution in [3.05, 3.63) is 59.9 Å². The number of benzene rings is 2. The number of hydrogen-bond acceptors (Lipinski definition) is 2. The highest BCUT2D eigenvalue weighted by Crippen LogP contribution is 2.18. The van der Waals surface area contributed by atoms with Gasteiger partial charge in [0.05, 0.1) is 5.69 Å². The van der Waals surface area contributed by atoms with Gasteiger partial charge < -0.3 is 10.1 Å². The molecule has 0 aliphatic carbocycles. The third-order valence-corrected chi connectivity index (χ3v) is 2.70. The maximum Gasteiger partial charge on any atom is 0.265 e. The van der Waals surface area contributed by atoms with Gasteiger partial charge in [-0.3, -0.25) is 4.79 Å². The second-order valence-electron chi connectivity index (χ2n) is 4.31. The number of ether oxygens (including phenoxy) is 1. The average molecular weight is 295 g/mol. The number of halogens is 3. The van der Waals surface area contributed by atoms with Crippen molar-refractivity contribution in [1.82, 2.24) is 0 Å². The maximum absolute atomic E-state index is 13.4. The summed E-state index contributed by atoms with van der Waals surface area (Å²) in [4.78, 5) is 11.9. The topological polar surface area (TPSA) is 38.3 Å². The largest absolute Gasteiger partial charge is 0.481 e. The van der Waals surface area contributed by atoms with Crippen LogP contribution in [-0.2, 0) is 4.79 Å². The Morgan fingerprint density at radius 1 is 1.05 bits per heavy atom. The molecule has 1 amide bonds. The van der Waals surface area contributed by atoms with E-state index in [-0.39, 0.29) is 11.4 Å². The molecular formula is C15H12F3NO2. The quantitative estimate of drug-likeness (QED) is 0.937. The van der Waals surface area contributed by atoms with E-state index in [4.69, 9.17) is 4.74 Å². The highest BCUT2D eigenvalue weighted by atomic mass is 19.2. The standard InChI is InChI=1S/C15H12F3NO2/c1-9(21-10-6-7-11(16)13(18)8-10)15(20)19-14-5-3-2-4-12(14)17/h2-9H,1H3,(H,19,20). The minimum atomic E-state index is -1.07. The summed E-state index contributed by atoms with van der Waals surface area (Å²) in [6, 6.07) is 8.60. The molecule has 2 rings (SSSR count). The molecule has 1 N–H and O–H groups in total. The van der Waals surface area contributed by atoms with Crippen LogP contribution in [0, 0.1) is 17.5 Å². The molecule has 6 heteroatoms. The second kappa shape index (κ2) is 6.30. The van der Waals surface area contributed by atoms with E-state index in [1.54, 1.807) is 6.07 Å². The Kier molecular flexibility index (Phi) is 4.47. The van der Waals surface area contributed by atoms with E-state index in [9.17, 15) is 18.0 Å². The van der Waals surface area contributed by atoms with E-state index in [1.807, 2.05) is 0 Å². The summed E-state index contributed by atoms with van der Waals surface area (Å²) in [7, 11) is 0. The Balaban J connectivity index is 2.02. The van der Waals surface area contributed by atoms with Gasteiger partial charge in [0.15, 0.2) is 17.7 Å². The molecule has 0 saturated carbocycles. The summed E-state index contributed by atoms with van der Waals surface area (Å²) in [5.41, 5.74) is 0.0169. The van der Waals surface area contributed by atoms with E-state index >= 15 is 0 Å². The molecule has 0 aliphatic rings. The van der Waals surface area contributed by atoms with Gasteiger partial charge in [0.25, 0.3) is 5.91 Å². The molecule has 0 radical (unpaired) electrons. The van der Waals surface area contributed by atoms with Crippen LogP contribution in [0.5, 0.6) is 5.75 Å². The first kappa shape index (κ1) is 14.9. The van der Waals surface area contributed by atoms with Crippen molar-refractivity contribution in [2.75, 3.05) is 5.32 Å². The van der Waals surface area contributed by atoms with Crippen LogP contribution in [0.4, 0.5) is 18.9 Å². The molecule has 3 nitrogen and oxygen atoms in total. The van der Waals surface area contributed by atoms with Crippen LogP contribution in [0.2, 0.25) is 0 Å². The van der Waals surface area contributed by atoms with Crippen LogP contribution in [0.15, 0.2) is 42.5 Å². The molecule has 0 heterocycles. The van der Waals surface area contributed by atoms with Gasteiger partial charge in [-0.05, 0) is 31.2 Å². The molecule has 110 valence electrons. The Bertz CT molecular complexity index is 661. The number of carbonyl (C=O) groups excluding carboxylic acids is 1. The predicted molar refractivity (Wildman–Crippen MR) is 71.5 cm³/mol. The highest BCUT2D eigenvalue weighted by Gasteiger charge is 2.17. The van der Waals surface area contributed by atoms with Gasteiger partial charge in [-0.25, -0.2) is 13.2 Å². The number of nitrogens with one attached hydrogen (secondary N) is 1. The van der Waals surface area contributed by atoms with Crippen molar-refractivity contribution in [3.63, 3.8) is 0 Å². The molecule has 2 aromatic rings. The number of amides is 1. The Morgan fingerprint density at radius 2 is 1.76 bits per heavy atom. The van der Waals surface area contributed by atoms with Crippen LogP contribution in [0.25, 0.3) is 0 Å². The lowest BCUT2D eigenvalue weighted by Gasteiger charge is -2.15. The van der Waals surface area contributed by atoms with Crippen LogP contribution >= 0.6 is 0 Å². The Morgan fingerprint density at radius 3 is 2.43 bits per heavy atom. The van der Waals surface area contributed by atoms with Gasteiger partial charge in [0.1, 0.15) is 11.6 Å². The number of carbonyl (C=O) groups is 1. The van der Waals surface area contributed by atoms with Gasteiger partial charge in [-0.2, -0.15) is 0 Å². The first-order valence-electron chi connectivity index (χ1n) is 6.14. The van der Waals surface area contributed by atoms with Gasteiger partial charge in [-0.15, -0.1) is 0 Å². The van der Waals surface area contributed by atoms with E-state index in [0.717, 1.165) is 12.1 Å². The monoisotopic (exact) mass is 295 g/mol. The molecule has 0 spiro atoms. The smallest absolute Gasteiger partial charge is 0.265 e. The molecule has 1 atom stereocenters. The van der Waals surface area contributed by atoms with Crippen molar-refractivity contribution in [1.29, 1.82) is 0 Å². The molecule has 0 bridgehead atoms. The summed E-state index contributed by atoms with van der Waals surface area (Å²) < 4.78 is 44.4. The molecule has 0 aromatic heterocycles. The first-order chi connectivity index (χ1) is 9.97. The fraction of sp³-hybridized carbons (Fsp3) is 0.133. The van der Waals surface area contributed by atoms with Gasteiger partial charge in [0.2, 0.25) is 0 Å². The number of hydrogen-bond donors (Lipinski definition) is 1. The lowest BCUT2D eigenvalue weighted by molar-refractivity contribution is -0.122. The number of para-hydroxylation sites is 1. The van der Waals surface area contributed by atoms with E-state index in [1.165, 1.54) is 31.2 Å². The summed E-state index contributed by atoms with van der Waals surface area (Å²) in [5, 5.41) is 2.35. The zero-order chi connectivity index (χ0) is 15.4.